The van der Waals surface area contributed by atoms with Gasteiger partial charge < -0.3 is 4.74 Å². The molecule has 2 bridgehead atoms. The van der Waals surface area contributed by atoms with E-state index in [0.717, 1.165) is 6.42 Å². The summed E-state index contributed by atoms with van der Waals surface area (Å²) in [5.41, 5.74) is -0.904. The van der Waals surface area contributed by atoms with Crippen molar-refractivity contribution in [2.75, 3.05) is 0 Å². The average molecular weight is 154 g/mol. The average Bonchev–Trinajstić information content (AvgIpc) is 1.96. The number of carbonyl (C=O) groups is 1. The fourth-order valence-electron chi connectivity index (χ4n) is 2.51. The number of hydrogen-bond acceptors (Lipinski definition) is 2. The van der Waals surface area contributed by atoms with Crippen LogP contribution in [0.5, 0.6) is 0 Å². The molecule has 3 aliphatic rings. The topological polar surface area (TPSA) is 26.3 Å². The molecule has 2 heterocycles. The third kappa shape index (κ3) is 0.527. The normalized spacial score (nSPS) is 52.5. The Morgan fingerprint density at radius 2 is 1.73 bits per heavy atom. The molecule has 0 aromatic carbocycles. The maximum atomic E-state index is 11.7. The second kappa shape index (κ2) is 1.40. The molecular weight excluding hydrogens is 140 g/mol. The third-order valence-corrected chi connectivity index (χ3v) is 3.50. The largest absolute Gasteiger partial charge is 0.360 e. The number of carbonyl (C=O) groups excluding carboxylic acids is 1. The van der Waals surface area contributed by atoms with Crippen LogP contribution in [0.3, 0.4) is 0 Å². The van der Waals surface area contributed by atoms with Crippen LogP contribution in [0.4, 0.5) is 0 Å². The van der Waals surface area contributed by atoms with Gasteiger partial charge in [0, 0.05) is 6.42 Å². The number of hydrogen-bond donors (Lipinski definition) is 0. The molecule has 1 aliphatic carbocycles. The molecule has 0 N–H and O–H groups in total. The smallest absolute Gasteiger partial charge is 0.172 e. The van der Waals surface area contributed by atoms with Crippen LogP contribution in [0.25, 0.3) is 0 Å². The molecular formula is C9H14O2. The van der Waals surface area contributed by atoms with Gasteiger partial charge in [-0.2, -0.15) is 0 Å². The molecule has 3 rings (SSSR count). The molecule has 0 aromatic rings. The maximum absolute atomic E-state index is 11.7. The van der Waals surface area contributed by atoms with Crippen LogP contribution in [0.15, 0.2) is 0 Å². The Balaban J connectivity index is 2.48. The fourth-order valence-corrected chi connectivity index (χ4v) is 2.51. The predicted molar refractivity (Wildman–Crippen MR) is 41.3 cm³/mol. The van der Waals surface area contributed by atoms with Crippen molar-refractivity contribution < 1.29 is 9.53 Å². The second-order valence-electron chi connectivity index (χ2n) is 4.69. The van der Waals surface area contributed by atoms with Gasteiger partial charge in [-0.25, -0.2) is 0 Å². The Hall–Kier alpha value is -0.370. The first-order valence-corrected chi connectivity index (χ1v) is 4.07. The Labute approximate surface area is 66.9 Å². The first-order chi connectivity index (χ1) is 4.82. The van der Waals surface area contributed by atoms with Gasteiger partial charge in [0.05, 0.1) is 11.0 Å². The summed E-state index contributed by atoms with van der Waals surface area (Å²) in [4.78, 5) is 11.7. The van der Waals surface area contributed by atoms with Crippen molar-refractivity contribution in [3.63, 3.8) is 0 Å². The first kappa shape index (κ1) is 7.29. The van der Waals surface area contributed by atoms with E-state index in [9.17, 15) is 4.79 Å². The van der Waals surface area contributed by atoms with E-state index in [4.69, 9.17) is 4.74 Å². The molecule has 3 fully saturated rings. The van der Waals surface area contributed by atoms with Gasteiger partial charge in [-0.1, -0.05) is 13.8 Å². The molecule has 0 aromatic heterocycles. The van der Waals surface area contributed by atoms with Crippen molar-refractivity contribution in [3.8, 4) is 0 Å². The number of ketones is 1. The van der Waals surface area contributed by atoms with Crippen LogP contribution in [0.1, 0.15) is 34.1 Å². The molecule has 0 amide bonds. The van der Waals surface area contributed by atoms with E-state index in [0.29, 0.717) is 0 Å². The monoisotopic (exact) mass is 154 g/mol. The molecule has 62 valence electrons. The minimum Gasteiger partial charge on any atom is -0.360 e. The highest BCUT2D eigenvalue weighted by atomic mass is 16.6. The van der Waals surface area contributed by atoms with Gasteiger partial charge in [-0.15, -0.1) is 0 Å². The van der Waals surface area contributed by atoms with Gasteiger partial charge in [-0.3, -0.25) is 4.79 Å². The molecule has 0 radical (unpaired) electrons. The van der Waals surface area contributed by atoms with Crippen LogP contribution in [-0.2, 0) is 9.53 Å². The minimum atomic E-state index is -0.446. The second-order valence-corrected chi connectivity index (χ2v) is 4.69. The lowest BCUT2D eigenvalue weighted by atomic mass is 9.78. The summed E-state index contributed by atoms with van der Waals surface area (Å²) < 4.78 is 5.60. The van der Waals surface area contributed by atoms with E-state index in [1.54, 1.807) is 0 Å². The zero-order valence-electron chi connectivity index (χ0n) is 7.52. The quantitative estimate of drug-likeness (QED) is 0.529. The molecule has 11 heavy (non-hydrogen) atoms. The summed E-state index contributed by atoms with van der Waals surface area (Å²) in [6.07, 6.45) is 0.895. The van der Waals surface area contributed by atoms with E-state index in [-0.39, 0.29) is 16.8 Å². The van der Waals surface area contributed by atoms with E-state index >= 15 is 0 Å². The van der Waals surface area contributed by atoms with Gasteiger partial charge in [-0.05, 0) is 13.8 Å². The van der Waals surface area contributed by atoms with Gasteiger partial charge >= 0.3 is 0 Å². The van der Waals surface area contributed by atoms with Crippen molar-refractivity contribution in [2.45, 2.75) is 45.3 Å². The molecule has 2 heteroatoms. The van der Waals surface area contributed by atoms with Crippen LogP contribution >= 0.6 is 0 Å². The lowest BCUT2D eigenvalue weighted by molar-refractivity contribution is -0.218. The summed E-state index contributed by atoms with van der Waals surface area (Å²) in [6, 6.07) is 0. The standard InChI is InChI=1S/C9H14O2/c1-7(2)6(10)8(3)5-9(7,4)11-8/h5H2,1-4H3. The van der Waals surface area contributed by atoms with Crippen LogP contribution < -0.4 is 0 Å². The zero-order chi connectivity index (χ0) is 8.49. The Morgan fingerprint density at radius 3 is 1.82 bits per heavy atom. The fraction of sp³-hybridized carbons (Fsp3) is 0.889. The van der Waals surface area contributed by atoms with Crippen molar-refractivity contribution >= 4 is 5.78 Å². The van der Waals surface area contributed by atoms with Crippen molar-refractivity contribution in [3.05, 3.63) is 0 Å². The van der Waals surface area contributed by atoms with Gasteiger partial charge in [0.15, 0.2) is 5.78 Å². The van der Waals surface area contributed by atoms with Gasteiger partial charge in [0.2, 0.25) is 0 Å². The van der Waals surface area contributed by atoms with Crippen LogP contribution in [0.2, 0.25) is 0 Å². The van der Waals surface area contributed by atoms with E-state index in [2.05, 4.69) is 0 Å². The number of rotatable bonds is 0. The number of Topliss-reactive ketones (excluding diaryl/α,β-unsaturated/α-hetero) is 1. The third-order valence-electron chi connectivity index (χ3n) is 3.50. The number of fused-ring (bicyclic) bond motifs is 1. The van der Waals surface area contributed by atoms with Crippen molar-refractivity contribution in [2.24, 2.45) is 5.41 Å². The van der Waals surface area contributed by atoms with Gasteiger partial charge in [0.1, 0.15) is 5.60 Å². The summed E-state index contributed by atoms with van der Waals surface area (Å²) in [5.74, 6) is 0.271. The zero-order valence-corrected chi connectivity index (χ0v) is 7.52. The predicted octanol–water partition coefficient (Wildman–Crippen LogP) is 1.53. The first-order valence-electron chi connectivity index (χ1n) is 4.07. The Kier molecular flexibility index (Phi) is 0.928. The Morgan fingerprint density at radius 1 is 1.27 bits per heavy atom. The molecule has 2 nitrogen and oxygen atoms in total. The van der Waals surface area contributed by atoms with E-state index < -0.39 is 5.60 Å². The van der Waals surface area contributed by atoms with Crippen molar-refractivity contribution in [1.82, 2.24) is 0 Å². The SMILES string of the molecule is CC12CC(C)(O1)C(C)(C)C2=O. The summed E-state index contributed by atoms with van der Waals surface area (Å²) >= 11 is 0. The summed E-state index contributed by atoms with van der Waals surface area (Å²) in [5, 5.41) is 0. The lowest BCUT2D eigenvalue weighted by Crippen LogP contribution is -2.51. The van der Waals surface area contributed by atoms with Gasteiger partial charge in [0.25, 0.3) is 0 Å². The summed E-state index contributed by atoms with van der Waals surface area (Å²) in [7, 11) is 0. The molecule has 1 saturated carbocycles. The molecule has 2 atom stereocenters. The highest BCUT2D eigenvalue weighted by Gasteiger charge is 2.73. The highest BCUT2D eigenvalue weighted by molar-refractivity contribution is 5.98. The summed E-state index contributed by atoms with van der Waals surface area (Å²) in [6.45, 7) is 7.88. The van der Waals surface area contributed by atoms with Crippen LogP contribution in [0, 0.1) is 5.41 Å². The maximum Gasteiger partial charge on any atom is 0.172 e. The Bertz CT molecular complexity index is 234. The minimum absolute atomic E-state index is 0.182. The molecule has 2 aliphatic heterocycles. The molecule has 2 unspecified atom stereocenters. The molecule has 2 saturated heterocycles. The van der Waals surface area contributed by atoms with Crippen LogP contribution in [-0.4, -0.2) is 17.0 Å². The number of ether oxygens (including phenoxy) is 1. The van der Waals surface area contributed by atoms with Crippen molar-refractivity contribution in [1.29, 1.82) is 0 Å². The van der Waals surface area contributed by atoms with E-state index in [1.807, 2.05) is 27.7 Å². The van der Waals surface area contributed by atoms with E-state index in [1.165, 1.54) is 0 Å². The molecule has 0 spiro atoms. The lowest BCUT2D eigenvalue weighted by Gasteiger charge is -2.44. The highest BCUT2D eigenvalue weighted by Crippen LogP contribution is 2.61.